The van der Waals surface area contributed by atoms with E-state index in [0.29, 0.717) is 28.1 Å². The molecule has 0 bridgehead atoms. The van der Waals surface area contributed by atoms with E-state index in [2.05, 4.69) is 10.6 Å². The van der Waals surface area contributed by atoms with Gasteiger partial charge in [0.05, 0.1) is 24.2 Å². The van der Waals surface area contributed by atoms with Crippen LogP contribution in [0, 0.1) is 6.92 Å². The number of hydrogen-bond donors (Lipinski definition) is 2. The maximum absolute atomic E-state index is 12.5. The molecule has 2 N–H and O–H groups in total. The first-order valence-electron chi connectivity index (χ1n) is 9.80. The Labute approximate surface area is 180 Å². The molecule has 0 heterocycles. The SMILES string of the molecule is Cc1cccc(NC(=O)CC(=O)c2ccccc2)c1NC(=O)CC(=O)c1ccccc1. The van der Waals surface area contributed by atoms with Gasteiger partial charge >= 0.3 is 0 Å². The Hall–Kier alpha value is -4.06. The van der Waals surface area contributed by atoms with E-state index in [1.54, 1.807) is 85.8 Å². The molecule has 2 amide bonds. The van der Waals surface area contributed by atoms with Crippen LogP contribution in [0.2, 0.25) is 0 Å². The number of carbonyl (C=O) groups excluding carboxylic acids is 4. The lowest BCUT2D eigenvalue weighted by molar-refractivity contribution is -0.116. The molecule has 6 heteroatoms. The van der Waals surface area contributed by atoms with E-state index in [1.165, 1.54) is 0 Å². The molecule has 0 saturated heterocycles. The minimum absolute atomic E-state index is 0.300. The zero-order chi connectivity index (χ0) is 22.2. The molecule has 3 rings (SSSR count). The number of carbonyl (C=O) groups is 4. The summed E-state index contributed by atoms with van der Waals surface area (Å²) in [6.45, 7) is 1.78. The van der Waals surface area contributed by atoms with E-state index < -0.39 is 11.8 Å². The van der Waals surface area contributed by atoms with Crippen LogP contribution in [-0.4, -0.2) is 23.4 Å². The molecule has 0 atom stereocenters. The largest absolute Gasteiger partial charge is 0.324 e. The standard InChI is InChI=1S/C25H22N2O4/c1-17-9-8-14-20(26-23(30)15-21(28)18-10-4-2-5-11-18)25(17)27-24(31)16-22(29)19-12-6-3-7-13-19/h2-14H,15-16H2,1H3,(H,26,30)(H,27,31). The van der Waals surface area contributed by atoms with Gasteiger partial charge in [0.2, 0.25) is 11.8 Å². The second-order valence-corrected chi connectivity index (χ2v) is 7.03. The van der Waals surface area contributed by atoms with Crippen LogP contribution in [0.25, 0.3) is 0 Å². The van der Waals surface area contributed by atoms with Crippen molar-refractivity contribution in [3.05, 3.63) is 95.6 Å². The molecule has 156 valence electrons. The van der Waals surface area contributed by atoms with Gasteiger partial charge < -0.3 is 10.6 Å². The Balaban J connectivity index is 1.67. The molecule has 0 aliphatic heterocycles. The summed E-state index contributed by atoms with van der Waals surface area (Å²) in [4.78, 5) is 49.4. The van der Waals surface area contributed by atoms with Gasteiger partial charge in [0.25, 0.3) is 0 Å². The van der Waals surface area contributed by atoms with Gasteiger partial charge in [0.1, 0.15) is 0 Å². The van der Waals surface area contributed by atoms with Gasteiger partial charge in [0, 0.05) is 11.1 Å². The number of benzene rings is 3. The number of ketones is 2. The van der Waals surface area contributed by atoms with Crippen molar-refractivity contribution in [2.24, 2.45) is 0 Å². The van der Waals surface area contributed by atoms with Gasteiger partial charge in [-0.05, 0) is 18.6 Å². The van der Waals surface area contributed by atoms with Crippen LogP contribution in [0.3, 0.4) is 0 Å². The Bertz CT molecular complexity index is 1110. The first kappa shape index (κ1) is 21.6. The predicted octanol–water partition coefficient (Wildman–Crippen LogP) is 4.42. The molecule has 3 aromatic rings. The molecule has 0 aliphatic rings. The maximum atomic E-state index is 12.5. The highest BCUT2D eigenvalue weighted by Gasteiger charge is 2.17. The molecular weight excluding hydrogens is 392 g/mol. The summed E-state index contributed by atoms with van der Waals surface area (Å²) in [6, 6.07) is 22.3. The third-order valence-electron chi connectivity index (χ3n) is 4.65. The Kier molecular flexibility index (Phi) is 7.06. The van der Waals surface area contributed by atoms with E-state index in [9.17, 15) is 19.2 Å². The quantitative estimate of drug-likeness (QED) is 0.422. The highest BCUT2D eigenvalue weighted by molar-refractivity contribution is 6.14. The Morgan fingerprint density at radius 2 is 1.10 bits per heavy atom. The average molecular weight is 414 g/mol. The van der Waals surface area contributed by atoms with Crippen LogP contribution in [0.1, 0.15) is 39.1 Å². The van der Waals surface area contributed by atoms with Crippen molar-refractivity contribution in [3.63, 3.8) is 0 Å². The summed E-state index contributed by atoms with van der Waals surface area (Å²) in [5.74, 6) is -1.58. The van der Waals surface area contributed by atoms with E-state index in [-0.39, 0.29) is 24.4 Å². The minimum Gasteiger partial charge on any atom is -0.324 e. The second kappa shape index (κ2) is 10.1. The number of aryl methyl sites for hydroxylation is 1. The number of anilines is 2. The lowest BCUT2D eigenvalue weighted by atomic mass is 10.1. The van der Waals surface area contributed by atoms with Crippen LogP contribution in [0.5, 0.6) is 0 Å². The summed E-state index contributed by atoms with van der Waals surface area (Å²) in [6.07, 6.45) is -0.643. The maximum Gasteiger partial charge on any atom is 0.232 e. The third kappa shape index (κ3) is 5.96. The first-order valence-corrected chi connectivity index (χ1v) is 9.80. The molecule has 31 heavy (non-hydrogen) atoms. The van der Waals surface area contributed by atoms with E-state index in [1.807, 2.05) is 0 Å². The smallest absolute Gasteiger partial charge is 0.232 e. The van der Waals surface area contributed by atoms with Crippen molar-refractivity contribution >= 4 is 34.8 Å². The van der Waals surface area contributed by atoms with Crippen LogP contribution in [0.15, 0.2) is 78.9 Å². The molecule has 0 fully saturated rings. The number of amides is 2. The molecule has 3 aromatic carbocycles. The molecule has 0 aromatic heterocycles. The van der Waals surface area contributed by atoms with E-state index >= 15 is 0 Å². The fraction of sp³-hybridized carbons (Fsp3) is 0.120. The molecule has 0 unspecified atom stereocenters. The molecule has 0 aliphatic carbocycles. The molecule has 0 radical (unpaired) electrons. The van der Waals surface area contributed by atoms with Gasteiger partial charge in [0.15, 0.2) is 11.6 Å². The lowest BCUT2D eigenvalue weighted by Gasteiger charge is -2.15. The molecule has 6 nitrogen and oxygen atoms in total. The summed E-state index contributed by atoms with van der Waals surface area (Å²) >= 11 is 0. The lowest BCUT2D eigenvalue weighted by Crippen LogP contribution is -2.21. The van der Waals surface area contributed by atoms with Crippen molar-refractivity contribution in [3.8, 4) is 0 Å². The summed E-state index contributed by atoms with van der Waals surface area (Å²) < 4.78 is 0. The van der Waals surface area contributed by atoms with E-state index in [4.69, 9.17) is 0 Å². The summed E-state index contributed by atoms with van der Waals surface area (Å²) in [5.41, 5.74) is 2.39. The third-order valence-corrected chi connectivity index (χ3v) is 4.65. The van der Waals surface area contributed by atoms with Crippen LogP contribution in [-0.2, 0) is 9.59 Å². The summed E-state index contributed by atoms with van der Waals surface area (Å²) in [5, 5.41) is 5.39. The average Bonchev–Trinajstić information content (AvgIpc) is 2.77. The zero-order valence-electron chi connectivity index (χ0n) is 17.1. The number of hydrogen-bond acceptors (Lipinski definition) is 4. The predicted molar refractivity (Wildman–Crippen MR) is 119 cm³/mol. The van der Waals surface area contributed by atoms with Crippen LogP contribution < -0.4 is 10.6 Å². The Morgan fingerprint density at radius 1 is 0.613 bits per heavy atom. The topological polar surface area (TPSA) is 92.3 Å². The van der Waals surface area contributed by atoms with Crippen LogP contribution >= 0.6 is 0 Å². The number of para-hydroxylation sites is 1. The molecule has 0 saturated carbocycles. The normalized spacial score (nSPS) is 10.2. The monoisotopic (exact) mass is 414 g/mol. The van der Waals surface area contributed by atoms with Crippen molar-refractivity contribution in [1.82, 2.24) is 0 Å². The zero-order valence-corrected chi connectivity index (χ0v) is 17.1. The van der Waals surface area contributed by atoms with Crippen molar-refractivity contribution in [2.75, 3.05) is 10.6 Å². The second-order valence-electron chi connectivity index (χ2n) is 7.03. The van der Waals surface area contributed by atoms with Gasteiger partial charge in [-0.1, -0.05) is 72.8 Å². The summed E-state index contributed by atoms with van der Waals surface area (Å²) in [7, 11) is 0. The minimum atomic E-state index is -0.490. The first-order chi connectivity index (χ1) is 14.9. The fourth-order valence-electron chi connectivity index (χ4n) is 3.06. The number of rotatable bonds is 8. The van der Waals surface area contributed by atoms with Gasteiger partial charge in [-0.25, -0.2) is 0 Å². The Morgan fingerprint density at radius 3 is 1.61 bits per heavy atom. The fourth-order valence-corrected chi connectivity index (χ4v) is 3.06. The van der Waals surface area contributed by atoms with Gasteiger partial charge in [-0.3, -0.25) is 19.2 Å². The van der Waals surface area contributed by atoms with E-state index in [0.717, 1.165) is 0 Å². The van der Waals surface area contributed by atoms with Crippen molar-refractivity contribution < 1.29 is 19.2 Å². The molecule has 0 spiro atoms. The number of nitrogens with one attached hydrogen (secondary N) is 2. The van der Waals surface area contributed by atoms with Crippen LogP contribution in [0.4, 0.5) is 11.4 Å². The van der Waals surface area contributed by atoms with Gasteiger partial charge in [-0.15, -0.1) is 0 Å². The highest BCUT2D eigenvalue weighted by atomic mass is 16.2. The highest BCUT2D eigenvalue weighted by Crippen LogP contribution is 2.26. The van der Waals surface area contributed by atoms with Crippen molar-refractivity contribution in [2.45, 2.75) is 19.8 Å². The van der Waals surface area contributed by atoms with Crippen molar-refractivity contribution in [1.29, 1.82) is 0 Å². The molecular formula is C25H22N2O4. The number of Topliss-reactive ketones (excluding diaryl/α,β-unsaturated/α-hetero) is 2. The van der Waals surface area contributed by atoms with Gasteiger partial charge in [-0.2, -0.15) is 0 Å².